The standard InChI is InChI=1S/C15H28N2O5S/c1-11(2)17(12(3)4)15(19)13(5)22-14(18)10-16-6-8-23(20,21)9-7-16/h11-13H,6-10H2,1-5H3. The van der Waals surface area contributed by atoms with Crippen molar-refractivity contribution in [1.29, 1.82) is 0 Å². The van der Waals surface area contributed by atoms with Crippen LogP contribution in [0, 0.1) is 0 Å². The van der Waals surface area contributed by atoms with E-state index in [9.17, 15) is 18.0 Å². The number of rotatable bonds is 6. The first-order chi connectivity index (χ1) is 10.5. The summed E-state index contributed by atoms with van der Waals surface area (Å²) in [5.41, 5.74) is 0. The van der Waals surface area contributed by atoms with Crippen LogP contribution in [-0.4, -0.2) is 79.4 Å². The van der Waals surface area contributed by atoms with Gasteiger partial charge in [-0.3, -0.25) is 14.5 Å². The fourth-order valence-electron chi connectivity index (χ4n) is 2.69. The van der Waals surface area contributed by atoms with E-state index >= 15 is 0 Å². The highest BCUT2D eigenvalue weighted by Gasteiger charge is 2.29. The lowest BCUT2D eigenvalue weighted by atomic mass is 10.2. The maximum Gasteiger partial charge on any atom is 0.320 e. The average Bonchev–Trinajstić information content (AvgIpc) is 2.40. The zero-order chi connectivity index (χ0) is 17.8. The molecule has 7 nitrogen and oxygen atoms in total. The van der Waals surface area contributed by atoms with Gasteiger partial charge in [0.25, 0.3) is 5.91 Å². The molecule has 1 rings (SSSR count). The number of sulfone groups is 1. The largest absolute Gasteiger partial charge is 0.452 e. The Kier molecular flexibility index (Phi) is 7.01. The summed E-state index contributed by atoms with van der Waals surface area (Å²) in [6.07, 6.45) is -0.846. The Morgan fingerprint density at radius 2 is 1.52 bits per heavy atom. The Morgan fingerprint density at radius 3 is 1.96 bits per heavy atom. The molecule has 8 heteroatoms. The van der Waals surface area contributed by atoms with Crippen LogP contribution in [0.3, 0.4) is 0 Å². The third-order valence-electron chi connectivity index (χ3n) is 3.81. The molecule has 1 unspecified atom stereocenters. The van der Waals surface area contributed by atoms with E-state index < -0.39 is 21.9 Å². The molecule has 0 aromatic rings. The first-order valence-electron chi connectivity index (χ1n) is 7.98. The number of hydrogen-bond donors (Lipinski definition) is 0. The molecule has 0 radical (unpaired) electrons. The van der Waals surface area contributed by atoms with Gasteiger partial charge in [0.2, 0.25) is 0 Å². The van der Waals surface area contributed by atoms with E-state index in [1.54, 1.807) is 16.7 Å². The highest BCUT2D eigenvalue weighted by molar-refractivity contribution is 7.91. The van der Waals surface area contributed by atoms with Crippen LogP contribution < -0.4 is 0 Å². The molecule has 0 aliphatic carbocycles. The molecule has 0 saturated carbocycles. The lowest BCUT2D eigenvalue weighted by molar-refractivity contribution is -0.161. The van der Waals surface area contributed by atoms with Gasteiger partial charge >= 0.3 is 5.97 Å². The van der Waals surface area contributed by atoms with Crippen molar-refractivity contribution in [2.75, 3.05) is 31.1 Å². The summed E-state index contributed by atoms with van der Waals surface area (Å²) >= 11 is 0. The molecule has 1 aliphatic rings. The van der Waals surface area contributed by atoms with E-state index in [-0.39, 0.29) is 36.0 Å². The van der Waals surface area contributed by atoms with Crippen molar-refractivity contribution in [3.63, 3.8) is 0 Å². The second kappa shape index (κ2) is 8.10. The van der Waals surface area contributed by atoms with Gasteiger partial charge in [0, 0.05) is 25.2 Å². The number of carbonyl (C=O) groups excluding carboxylic acids is 2. The number of ether oxygens (including phenoxy) is 1. The number of nitrogens with zero attached hydrogens (tertiary/aromatic N) is 2. The van der Waals surface area contributed by atoms with Gasteiger partial charge in [0.15, 0.2) is 15.9 Å². The third kappa shape index (κ3) is 6.10. The van der Waals surface area contributed by atoms with Crippen molar-refractivity contribution in [1.82, 2.24) is 9.80 Å². The Hall–Kier alpha value is -1.15. The number of hydrogen-bond acceptors (Lipinski definition) is 6. The van der Waals surface area contributed by atoms with E-state index in [1.807, 2.05) is 27.7 Å². The van der Waals surface area contributed by atoms with Gasteiger partial charge in [-0.05, 0) is 34.6 Å². The Bertz CT molecular complexity index is 508. The molecule has 1 heterocycles. The zero-order valence-electron chi connectivity index (χ0n) is 14.6. The van der Waals surface area contributed by atoms with Crippen molar-refractivity contribution < 1.29 is 22.7 Å². The molecule has 134 valence electrons. The minimum absolute atomic E-state index is 0.0104. The van der Waals surface area contributed by atoms with Gasteiger partial charge in [0.1, 0.15) is 0 Å². The van der Waals surface area contributed by atoms with E-state index in [1.165, 1.54) is 0 Å². The Morgan fingerprint density at radius 1 is 1.04 bits per heavy atom. The lowest BCUT2D eigenvalue weighted by Gasteiger charge is -2.33. The number of esters is 1. The summed E-state index contributed by atoms with van der Waals surface area (Å²) in [5, 5.41) is 0. The van der Waals surface area contributed by atoms with E-state index in [0.717, 1.165) is 0 Å². The van der Waals surface area contributed by atoms with Crippen molar-refractivity contribution in [3.8, 4) is 0 Å². The van der Waals surface area contributed by atoms with Gasteiger partial charge in [-0.1, -0.05) is 0 Å². The van der Waals surface area contributed by atoms with Gasteiger partial charge in [-0.2, -0.15) is 0 Å². The molecule has 1 fully saturated rings. The molecule has 0 bridgehead atoms. The quantitative estimate of drug-likeness (QED) is 0.642. The van der Waals surface area contributed by atoms with Crippen LogP contribution >= 0.6 is 0 Å². The zero-order valence-corrected chi connectivity index (χ0v) is 15.4. The molecule has 0 N–H and O–H groups in total. The first kappa shape index (κ1) is 19.9. The van der Waals surface area contributed by atoms with Crippen LogP contribution in [0.4, 0.5) is 0 Å². The molecule has 0 spiro atoms. The monoisotopic (exact) mass is 348 g/mol. The molecule has 23 heavy (non-hydrogen) atoms. The molecule has 1 saturated heterocycles. The Labute approximate surface area is 138 Å². The second-order valence-electron chi connectivity index (χ2n) is 6.49. The highest BCUT2D eigenvalue weighted by Crippen LogP contribution is 2.10. The molecular formula is C15H28N2O5S. The van der Waals surface area contributed by atoms with Gasteiger partial charge in [-0.25, -0.2) is 8.42 Å². The fraction of sp³-hybridized carbons (Fsp3) is 0.867. The average molecular weight is 348 g/mol. The van der Waals surface area contributed by atoms with E-state index in [4.69, 9.17) is 4.74 Å². The minimum atomic E-state index is -2.97. The summed E-state index contributed by atoms with van der Waals surface area (Å²) < 4.78 is 27.9. The van der Waals surface area contributed by atoms with Crippen LogP contribution in [0.15, 0.2) is 0 Å². The Balaban J connectivity index is 2.51. The second-order valence-corrected chi connectivity index (χ2v) is 8.80. The summed E-state index contributed by atoms with van der Waals surface area (Å²) in [5.74, 6) is -0.603. The molecule has 1 aliphatic heterocycles. The van der Waals surface area contributed by atoms with Gasteiger partial charge < -0.3 is 9.64 Å². The molecule has 0 aromatic carbocycles. The highest BCUT2D eigenvalue weighted by atomic mass is 32.2. The minimum Gasteiger partial charge on any atom is -0.452 e. The fourth-order valence-corrected chi connectivity index (χ4v) is 3.97. The number of carbonyl (C=O) groups is 2. The topological polar surface area (TPSA) is 84.0 Å². The van der Waals surface area contributed by atoms with Gasteiger partial charge in [0.05, 0.1) is 18.1 Å². The van der Waals surface area contributed by atoms with Crippen LogP contribution in [0.5, 0.6) is 0 Å². The summed E-state index contributed by atoms with van der Waals surface area (Å²) in [6, 6.07) is 0.0481. The van der Waals surface area contributed by atoms with Crippen LogP contribution in [0.25, 0.3) is 0 Å². The molecule has 1 amide bonds. The van der Waals surface area contributed by atoms with Crippen LogP contribution in [0.2, 0.25) is 0 Å². The maximum absolute atomic E-state index is 12.4. The van der Waals surface area contributed by atoms with E-state index in [2.05, 4.69) is 0 Å². The predicted octanol–water partition coefficient (Wildman–Crippen LogP) is 0.294. The summed E-state index contributed by atoms with van der Waals surface area (Å²) in [7, 11) is -2.97. The third-order valence-corrected chi connectivity index (χ3v) is 5.42. The first-order valence-corrected chi connectivity index (χ1v) is 9.80. The predicted molar refractivity (Wildman–Crippen MR) is 87.8 cm³/mol. The summed E-state index contributed by atoms with van der Waals surface area (Å²) in [6.45, 7) is 9.89. The lowest BCUT2D eigenvalue weighted by Crippen LogP contribution is -2.48. The van der Waals surface area contributed by atoms with Crippen LogP contribution in [-0.2, 0) is 24.2 Å². The number of amides is 1. The molecular weight excluding hydrogens is 320 g/mol. The van der Waals surface area contributed by atoms with Crippen molar-refractivity contribution in [2.45, 2.75) is 52.8 Å². The van der Waals surface area contributed by atoms with Crippen molar-refractivity contribution >= 4 is 21.7 Å². The smallest absolute Gasteiger partial charge is 0.320 e. The normalized spacial score (nSPS) is 19.6. The maximum atomic E-state index is 12.4. The van der Waals surface area contributed by atoms with Gasteiger partial charge in [-0.15, -0.1) is 0 Å². The molecule has 1 atom stereocenters. The van der Waals surface area contributed by atoms with Crippen LogP contribution in [0.1, 0.15) is 34.6 Å². The molecule has 0 aromatic heterocycles. The van der Waals surface area contributed by atoms with Crippen molar-refractivity contribution in [3.05, 3.63) is 0 Å². The summed E-state index contributed by atoms with van der Waals surface area (Å²) in [4.78, 5) is 27.8. The van der Waals surface area contributed by atoms with Crippen molar-refractivity contribution in [2.24, 2.45) is 0 Å². The van der Waals surface area contributed by atoms with E-state index in [0.29, 0.717) is 13.1 Å². The SMILES string of the molecule is CC(OC(=O)CN1CCS(=O)(=O)CC1)C(=O)N(C(C)C)C(C)C.